The molecule has 1 aliphatic heterocycles. The molecule has 1 N–H and O–H groups in total. The largest absolute Gasteiger partial charge is 0.325 e. The fraction of sp³-hybridized carbons (Fsp3) is 0.400. The Kier molecular flexibility index (Phi) is 3.38. The highest BCUT2D eigenvalue weighted by Crippen LogP contribution is 2.29. The van der Waals surface area contributed by atoms with Gasteiger partial charge in [0.2, 0.25) is 5.91 Å². The Morgan fingerprint density at radius 2 is 1.85 bits per heavy atom. The molecule has 0 saturated carbocycles. The quantitative estimate of drug-likeness (QED) is 0.841. The molecule has 1 heterocycles. The van der Waals surface area contributed by atoms with E-state index in [1.807, 2.05) is 20.8 Å². The van der Waals surface area contributed by atoms with Crippen LogP contribution in [0.4, 0.5) is 5.69 Å². The maximum atomic E-state index is 12.0. The molecule has 3 amide bonds. The predicted octanol–water partition coefficient (Wildman–Crippen LogP) is 2.29. The van der Waals surface area contributed by atoms with E-state index < -0.39 is 0 Å². The summed E-state index contributed by atoms with van der Waals surface area (Å²) in [6, 6.07) is 4.90. The Bertz CT molecular complexity index is 600. The highest BCUT2D eigenvalue weighted by molar-refractivity contribution is 6.24. The molecular formula is C15H18N2O3. The van der Waals surface area contributed by atoms with Crippen molar-refractivity contribution in [1.82, 2.24) is 4.90 Å². The Hall–Kier alpha value is -2.17. The number of anilines is 1. The molecule has 20 heavy (non-hydrogen) atoms. The second-order valence-corrected chi connectivity index (χ2v) is 6.18. The lowest BCUT2D eigenvalue weighted by Crippen LogP contribution is -2.25. The van der Waals surface area contributed by atoms with E-state index in [2.05, 4.69) is 5.32 Å². The minimum absolute atomic E-state index is 0.140. The molecule has 1 aliphatic rings. The van der Waals surface area contributed by atoms with Gasteiger partial charge in [-0.05, 0) is 17.5 Å². The van der Waals surface area contributed by atoms with Crippen molar-refractivity contribution >= 4 is 23.4 Å². The van der Waals surface area contributed by atoms with Crippen molar-refractivity contribution in [3.63, 3.8) is 0 Å². The summed E-state index contributed by atoms with van der Waals surface area (Å²) in [7, 11) is 1.44. The minimum Gasteiger partial charge on any atom is -0.325 e. The van der Waals surface area contributed by atoms with Crippen molar-refractivity contribution < 1.29 is 14.4 Å². The van der Waals surface area contributed by atoms with Gasteiger partial charge in [0.05, 0.1) is 16.8 Å². The third-order valence-electron chi connectivity index (χ3n) is 3.08. The van der Waals surface area contributed by atoms with Crippen molar-refractivity contribution in [2.45, 2.75) is 27.2 Å². The summed E-state index contributed by atoms with van der Waals surface area (Å²) < 4.78 is 0. The van der Waals surface area contributed by atoms with Crippen LogP contribution in [0.25, 0.3) is 0 Å². The molecule has 1 aromatic rings. The van der Waals surface area contributed by atoms with Crippen molar-refractivity contribution in [3.8, 4) is 0 Å². The Morgan fingerprint density at radius 1 is 1.20 bits per heavy atom. The summed E-state index contributed by atoms with van der Waals surface area (Å²) in [5, 5.41) is 2.73. The number of benzene rings is 1. The lowest BCUT2D eigenvalue weighted by molar-refractivity contribution is -0.117. The molecule has 0 aliphatic carbocycles. The number of nitrogens with one attached hydrogen (secondary N) is 1. The van der Waals surface area contributed by atoms with Crippen LogP contribution in [0.2, 0.25) is 0 Å². The number of fused-ring (bicyclic) bond motifs is 1. The van der Waals surface area contributed by atoms with Gasteiger partial charge in [-0.2, -0.15) is 0 Å². The summed E-state index contributed by atoms with van der Waals surface area (Å²) in [5.41, 5.74) is 0.881. The number of imide groups is 1. The molecule has 0 atom stereocenters. The molecule has 0 unspecified atom stereocenters. The smallest absolute Gasteiger partial charge is 0.263 e. The van der Waals surface area contributed by atoms with Crippen LogP contribution < -0.4 is 5.32 Å². The lowest BCUT2D eigenvalue weighted by atomic mass is 9.92. The van der Waals surface area contributed by atoms with Gasteiger partial charge in [0, 0.05) is 13.5 Å². The molecule has 0 radical (unpaired) electrons. The van der Waals surface area contributed by atoms with E-state index in [0.29, 0.717) is 17.7 Å². The average Bonchev–Trinajstić information content (AvgIpc) is 2.53. The number of rotatable bonds is 2. The highest BCUT2D eigenvalue weighted by atomic mass is 16.2. The molecule has 0 spiro atoms. The van der Waals surface area contributed by atoms with E-state index >= 15 is 0 Å². The van der Waals surface area contributed by atoms with Crippen molar-refractivity contribution in [2.75, 3.05) is 12.4 Å². The van der Waals surface area contributed by atoms with Gasteiger partial charge in [-0.1, -0.05) is 26.8 Å². The van der Waals surface area contributed by atoms with E-state index in [9.17, 15) is 14.4 Å². The van der Waals surface area contributed by atoms with Gasteiger partial charge < -0.3 is 5.32 Å². The van der Waals surface area contributed by atoms with Gasteiger partial charge in [0.15, 0.2) is 0 Å². The molecule has 106 valence electrons. The van der Waals surface area contributed by atoms with E-state index in [0.717, 1.165) is 4.90 Å². The summed E-state index contributed by atoms with van der Waals surface area (Å²) >= 11 is 0. The molecule has 0 saturated heterocycles. The second-order valence-electron chi connectivity index (χ2n) is 6.18. The van der Waals surface area contributed by atoms with Crippen LogP contribution in [-0.2, 0) is 4.79 Å². The number of hydrogen-bond acceptors (Lipinski definition) is 3. The Labute approximate surface area is 118 Å². The zero-order valence-corrected chi connectivity index (χ0v) is 12.1. The average molecular weight is 274 g/mol. The first-order valence-corrected chi connectivity index (χ1v) is 6.46. The summed E-state index contributed by atoms with van der Waals surface area (Å²) in [4.78, 5) is 37.0. The fourth-order valence-electron chi connectivity index (χ4n) is 2.18. The minimum atomic E-state index is -0.378. The maximum absolute atomic E-state index is 12.0. The van der Waals surface area contributed by atoms with Gasteiger partial charge in [-0.3, -0.25) is 19.3 Å². The van der Waals surface area contributed by atoms with E-state index in [4.69, 9.17) is 0 Å². The van der Waals surface area contributed by atoms with E-state index in [1.54, 1.807) is 18.2 Å². The second kappa shape index (κ2) is 4.74. The number of amides is 3. The SMILES string of the molecule is CN1C(=O)c2cccc(NC(=O)CC(C)(C)C)c2C1=O. The Morgan fingerprint density at radius 3 is 2.45 bits per heavy atom. The first-order chi connectivity index (χ1) is 9.20. The van der Waals surface area contributed by atoms with Crippen LogP contribution in [0.1, 0.15) is 47.9 Å². The van der Waals surface area contributed by atoms with Crippen LogP contribution >= 0.6 is 0 Å². The van der Waals surface area contributed by atoms with Crippen LogP contribution in [0.15, 0.2) is 18.2 Å². The third-order valence-corrected chi connectivity index (χ3v) is 3.08. The molecule has 0 bridgehead atoms. The Balaban J connectivity index is 2.31. The van der Waals surface area contributed by atoms with Gasteiger partial charge in [-0.15, -0.1) is 0 Å². The van der Waals surface area contributed by atoms with Crippen molar-refractivity contribution in [1.29, 1.82) is 0 Å². The van der Waals surface area contributed by atoms with Gasteiger partial charge in [0.1, 0.15) is 0 Å². The summed E-state index contributed by atoms with van der Waals surface area (Å²) in [6.07, 6.45) is 0.342. The maximum Gasteiger partial charge on any atom is 0.263 e. The molecule has 1 aromatic carbocycles. The first kappa shape index (κ1) is 14.2. The van der Waals surface area contributed by atoms with Crippen LogP contribution in [0, 0.1) is 5.41 Å². The molecular weight excluding hydrogens is 256 g/mol. The predicted molar refractivity (Wildman–Crippen MR) is 75.6 cm³/mol. The number of nitrogens with zero attached hydrogens (tertiary/aromatic N) is 1. The van der Waals surface area contributed by atoms with E-state index in [1.165, 1.54) is 7.05 Å². The fourth-order valence-corrected chi connectivity index (χ4v) is 2.18. The van der Waals surface area contributed by atoms with Crippen LogP contribution in [0.5, 0.6) is 0 Å². The monoisotopic (exact) mass is 274 g/mol. The number of carbonyl (C=O) groups excluding carboxylic acids is 3. The van der Waals surface area contributed by atoms with Gasteiger partial charge in [-0.25, -0.2) is 0 Å². The van der Waals surface area contributed by atoms with Crippen molar-refractivity contribution in [2.24, 2.45) is 5.41 Å². The zero-order chi connectivity index (χ0) is 15.1. The molecule has 0 aromatic heterocycles. The topological polar surface area (TPSA) is 66.5 Å². The number of carbonyl (C=O) groups is 3. The van der Waals surface area contributed by atoms with Gasteiger partial charge >= 0.3 is 0 Å². The summed E-state index contributed by atoms with van der Waals surface area (Å²) in [6.45, 7) is 5.89. The first-order valence-electron chi connectivity index (χ1n) is 6.46. The highest BCUT2D eigenvalue weighted by Gasteiger charge is 2.35. The molecule has 5 nitrogen and oxygen atoms in total. The van der Waals surface area contributed by atoms with Crippen molar-refractivity contribution in [3.05, 3.63) is 29.3 Å². The lowest BCUT2D eigenvalue weighted by Gasteiger charge is -2.17. The molecule has 0 fully saturated rings. The molecule has 5 heteroatoms. The summed E-state index contributed by atoms with van der Waals surface area (Å²) in [5.74, 6) is -0.880. The standard InChI is InChI=1S/C15H18N2O3/c1-15(2,3)8-11(18)16-10-7-5-6-9-12(10)14(20)17(4)13(9)19/h5-7H,8H2,1-4H3,(H,16,18). The molecule has 2 rings (SSSR count). The van der Waals surface area contributed by atoms with Gasteiger partial charge in [0.25, 0.3) is 11.8 Å². The number of hydrogen-bond donors (Lipinski definition) is 1. The third kappa shape index (κ3) is 2.57. The van der Waals surface area contributed by atoms with Crippen LogP contribution in [-0.4, -0.2) is 29.7 Å². The normalized spacial score (nSPS) is 14.5. The zero-order valence-electron chi connectivity index (χ0n) is 12.1. The van der Waals surface area contributed by atoms with Crippen LogP contribution in [0.3, 0.4) is 0 Å². The van der Waals surface area contributed by atoms with E-state index in [-0.39, 0.29) is 28.7 Å².